The molecule has 7 nitrogen and oxygen atoms in total. The van der Waals surface area contributed by atoms with Crippen LogP contribution in [0.4, 0.5) is 5.69 Å². The summed E-state index contributed by atoms with van der Waals surface area (Å²) in [4.78, 5) is 4.31. The molecule has 1 aromatic carbocycles. The van der Waals surface area contributed by atoms with Crippen molar-refractivity contribution in [1.29, 1.82) is 0 Å². The molecule has 0 aliphatic heterocycles. The van der Waals surface area contributed by atoms with Crippen LogP contribution < -0.4 is 16.0 Å². The number of aliphatic imine (C=N–C) groups is 1. The van der Waals surface area contributed by atoms with Gasteiger partial charge in [-0.15, -0.1) is 10.2 Å². The molecular weight excluding hydrogens is 326 g/mol. The Balaban J connectivity index is 1.80. The van der Waals surface area contributed by atoms with Crippen LogP contribution in [0.3, 0.4) is 0 Å². The fraction of sp³-hybridized carbons (Fsp3) is 0.526. The van der Waals surface area contributed by atoms with Crippen molar-refractivity contribution in [2.24, 2.45) is 10.9 Å². The Hall–Kier alpha value is -2.57. The topological polar surface area (TPSA) is 79.2 Å². The molecular formula is C19H31N7. The number of guanidine groups is 1. The van der Waals surface area contributed by atoms with Crippen LogP contribution >= 0.6 is 0 Å². The Morgan fingerprint density at radius 2 is 1.96 bits per heavy atom. The predicted octanol–water partition coefficient (Wildman–Crippen LogP) is 2.14. The summed E-state index contributed by atoms with van der Waals surface area (Å²) in [6.07, 6.45) is 2.66. The lowest BCUT2D eigenvalue weighted by Crippen LogP contribution is -2.45. The van der Waals surface area contributed by atoms with Gasteiger partial charge in [0.2, 0.25) is 0 Å². The molecule has 1 atom stereocenters. The third-order valence-electron chi connectivity index (χ3n) is 4.30. The zero-order valence-corrected chi connectivity index (χ0v) is 16.2. The van der Waals surface area contributed by atoms with Crippen molar-refractivity contribution in [3.8, 4) is 0 Å². The smallest absolute Gasteiger partial charge is 0.191 e. The van der Waals surface area contributed by atoms with Crippen LogP contribution in [0.5, 0.6) is 0 Å². The summed E-state index contributed by atoms with van der Waals surface area (Å²) < 4.78 is 2.06. The summed E-state index contributed by atoms with van der Waals surface area (Å²) in [6.45, 7) is 8.89. The molecule has 0 aliphatic carbocycles. The Labute approximate surface area is 156 Å². The van der Waals surface area contributed by atoms with E-state index in [0.29, 0.717) is 12.0 Å². The van der Waals surface area contributed by atoms with Crippen molar-refractivity contribution in [3.05, 3.63) is 42.5 Å². The predicted molar refractivity (Wildman–Crippen MR) is 107 cm³/mol. The summed E-state index contributed by atoms with van der Waals surface area (Å²) in [5.41, 5.74) is 1.13. The number of hydrogen-bond donors (Lipinski definition) is 3. The van der Waals surface area contributed by atoms with Crippen LogP contribution in [0.1, 0.15) is 26.6 Å². The van der Waals surface area contributed by atoms with Crippen molar-refractivity contribution in [2.45, 2.75) is 39.8 Å². The van der Waals surface area contributed by atoms with E-state index in [1.54, 1.807) is 13.4 Å². The highest BCUT2D eigenvalue weighted by molar-refractivity contribution is 5.79. The lowest BCUT2D eigenvalue weighted by Gasteiger charge is -2.25. The highest BCUT2D eigenvalue weighted by Crippen LogP contribution is 2.11. The van der Waals surface area contributed by atoms with Gasteiger partial charge < -0.3 is 20.5 Å². The molecule has 0 aliphatic rings. The fourth-order valence-electron chi connectivity index (χ4n) is 2.66. The number of nitrogens with zero attached hydrogens (tertiary/aromatic N) is 4. The molecule has 1 unspecified atom stereocenters. The van der Waals surface area contributed by atoms with Crippen molar-refractivity contribution < 1.29 is 0 Å². The normalized spacial score (nSPS) is 12.9. The zero-order valence-electron chi connectivity index (χ0n) is 16.2. The van der Waals surface area contributed by atoms with E-state index >= 15 is 0 Å². The molecule has 0 saturated carbocycles. The molecule has 1 aromatic heterocycles. The van der Waals surface area contributed by atoms with E-state index in [1.807, 2.05) is 18.2 Å². The van der Waals surface area contributed by atoms with E-state index in [2.05, 4.69) is 68.6 Å². The standard InChI is InChI=1S/C19H31N7/c1-5-18-25-23-14-26(18)12-11-21-19(20-4)22-13-17(15(2)3)24-16-9-7-6-8-10-16/h6-10,14-15,17,24H,5,11-13H2,1-4H3,(H2,20,21,22). The third kappa shape index (κ3) is 6.06. The summed E-state index contributed by atoms with van der Waals surface area (Å²) >= 11 is 0. The number of nitrogens with one attached hydrogen (secondary N) is 3. The summed E-state index contributed by atoms with van der Waals surface area (Å²) in [5.74, 6) is 2.29. The maximum atomic E-state index is 4.31. The van der Waals surface area contributed by atoms with Crippen LogP contribution in [-0.2, 0) is 13.0 Å². The van der Waals surface area contributed by atoms with Gasteiger partial charge in [-0.25, -0.2) is 0 Å². The van der Waals surface area contributed by atoms with Crippen LogP contribution in [0.25, 0.3) is 0 Å². The van der Waals surface area contributed by atoms with Gasteiger partial charge in [-0.1, -0.05) is 39.0 Å². The minimum atomic E-state index is 0.306. The van der Waals surface area contributed by atoms with Crippen molar-refractivity contribution in [1.82, 2.24) is 25.4 Å². The molecule has 3 N–H and O–H groups in total. The molecule has 1 heterocycles. The molecule has 0 saturated heterocycles. The number of aryl methyl sites for hydroxylation is 1. The van der Waals surface area contributed by atoms with Gasteiger partial charge in [-0.05, 0) is 18.1 Å². The second kappa shape index (κ2) is 10.4. The van der Waals surface area contributed by atoms with Crippen molar-refractivity contribution in [2.75, 3.05) is 25.5 Å². The molecule has 2 aromatic rings. The average molecular weight is 358 g/mol. The number of hydrogen-bond acceptors (Lipinski definition) is 4. The monoisotopic (exact) mass is 357 g/mol. The lowest BCUT2D eigenvalue weighted by atomic mass is 10.0. The number of aromatic nitrogens is 3. The number of para-hydroxylation sites is 1. The number of benzene rings is 1. The first kappa shape index (κ1) is 19.8. The second-order valence-electron chi connectivity index (χ2n) is 6.53. The Morgan fingerprint density at radius 3 is 2.62 bits per heavy atom. The van der Waals surface area contributed by atoms with Crippen LogP contribution in [0.2, 0.25) is 0 Å². The molecule has 0 fully saturated rings. The first-order valence-electron chi connectivity index (χ1n) is 9.26. The Morgan fingerprint density at radius 1 is 1.19 bits per heavy atom. The maximum absolute atomic E-state index is 4.31. The van der Waals surface area contributed by atoms with Crippen LogP contribution in [0, 0.1) is 5.92 Å². The minimum Gasteiger partial charge on any atom is -0.380 e. The average Bonchev–Trinajstić information content (AvgIpc) is 3.11. The van der Waals surface area contributed by atoms with E-state index in [0.717, 1.165) is 43.5 Å². The third-order valence-corrected chi connectivity index (χ3v) is 4.30. The van der Waals surface area contributed by atoms with E-state index < -0.39 is 0 Å². The molecule has 0 bridgehead atoms. The van der Waals surface area contributed by atoms with Gasteiger partial charge in [-0.3, -0.25) is 4.99 Å². The maximum Gasteiger partial charge on any atom is 0.191 e. The SMILES string of the molecule is CCc1nncn1CCNC(=NC)NCC(Nc1ccccc1)C(C)C. The van der Waals surface area contributed by atoms with Crippen LogP contribution in [0.15, 0.2) is 41.7 Å². The molecule has 0 amide bonds. The van der Waals surface area contributed by atoms with E-state index in [-0.39, 0.29) is 0 Å². The number of anilines is 1. The van der Waals surface area contributed by atoms with Gasteiger partial charge >= 0.3 is 0 Å². The quantitative estimate of drug-likeness (QED) is 0.473. The Kier molecular flexibility index (Phi) is 7.92. The molecule has 26 heavy (non-hydrogen) atoms. The first-order chi connectivity index (χ1) is 12.6. The van der Waals surface area contributed by atoms with Gasteiger partial charge in [-0.2, -0.15) is 0 Å². The highest BCUT2D eigenvalue weighted by Gasteiger charge is 2.13. The largest absolute Gasteiger partial charge is 0.380 e. The van der Waals surface area contributed by atoms with Gasteiger partial charge in [0.15, 0.2) is 5.96 Å². The van der Waals surface area contributed by atoms with Crippen LogP contribution in [-0.4, -0.2) is 46.9 Å². The highest BCUT2D eigenvalue weighted by atomic mass is 15.3. The summed E-state index contributed by atoms with van der Waals surface area (Å²) in [6, 6.07) is 10.6. The fourth-order valence-corrected chi connectivity index (χ4v) is 2.66. The minimum absolute atomic E-state index is 0.306. The molecule has 7 heteroatoms. The summed E-state index contributed by atoms with van der Waals surface area (Å²) in [7, 11) is 1.79. The lowest BCUT2D eigenvalue weighted by molar-refractivity contribution is 0.511. The zero-order chi connectivity index (χ0) is 18.8. The summed E-state index contributed by atoms with van der Waals surface area (Å²) in [5, 5.41) is 18.4. The van der Waals surface area contributed by atoms with Crippen molar-refractivity contribution in [3.63, 3.8) is 0 Å². The Bertz CT molecular complexity index is 664. The van der Waals surface area contributed by atoms with E-state index in [1.165, 1.54) is 0 Å². The van der Waals surface area contributed by atoms with Gasteiger partial charge in [0.05, 0.1) is 0 Å². The first-order valence-corrected chi connectivity index (χ1v) is 9.26. The second-order valence-corrected chi connectivity index (χ2v) is 6.53. The van der Waals surface area contributed by atoms with E-state index in [4.69, 9.17) is 0 Å². The molecule has 2 rings (SSSR count). The van der Waals surface area contributed by atoms with Gasteiger partial charge in [0.25, 0.3) is 0 Å². The molecule has 142 valence electrons. The molecule has 0 spiro atoms. The van der Waals surface area contributed by atoms with Gasteiger partial charge in [0.1, 0.15) is 12.2 Å². The number of rotatable bonds is 9. The van der Waals surface area contributed by atoms with E-state index in [9.17, 15) is 0 Å². The molecule has 0 radical (unpaired) electrons. The van der Waals surface area contributed by atoms with Crippen molar-refractivity contribution >= 4 is 11.6 Å². The van der Waals surface area contributed by atoms with Gasteiger partial charge in [0, 0.05) is 44.8 Å².